The first kappa shape index (κ1) is 19.2. The van der Waals surface area contributed by atoms with Gasteiger partial charge in [-0.1, -0.05) is 6.07 Å². The summed E-state index contributed by atoms with van der Waals surface area (Å²) in [7, 11) is -3.95. The fraction of sp³-hybridized carbons (Fsp3) is 0.529. The molecule has 2 aromatic rings. The molecule has 1 aromatic heterocycles. The molecule has 11 heteroatoms. The Labute approximate surface area is 167 Å². The van der Waals surface area contributed by atoms with E-state index in [1.165, 1.54) is 11.0 Å². The number of likely N-dealkylation sites (tertiary alicyclic amines) is 2. The Morgan fingerprint density at radius 2 is 1.96 bits per heavy atom. The highest BCUT2D eigenvalue weighted by Gasteiger charge is 2.34. The topological polar surface area (TPSA) is 113 Å². The molecule has 1 atom stereocenters. The average molecular weight is 424 g/mol. The van der Waals surface area contributed by atoms with Gasteiger partial charge in [-0.05, 0) is 37.8 Å². The van der Waals surface area contributed by atoms with Gasteiger partial charge in [-0.3, -0.25) is 9.59 Å². The van der Waals surface area contributed by atoms with Gasteiger partial charge in [-0.2, -0.15) is 13.5 Å². The maximum absolute atomic E-state index is 12.9. The first-order chi connectivity index (χ1) is 13.5. The molecule has 3 heterocycles. The zero-order valence-electron chi connectivity index (χ0n) is 15.2. The summed E-state index contributed by atoms with van der Waals surface area (Å²) in [4.78, 5) is 28.4. The van der Waals surface area contributed by atoms with E-state index in [1.807, 2.05) is 0 Å². The summed E-state index contributed by atoms with van der Waals surface area (Å²) in [5, 5.41) is 0. The fourth-order valence-corrected chi connectivity index (χ4v) is 5.68. The minimum atomic E-state index is -3.95. The monoisotopic (exact) mass is 423 g/mol. The Bertz CT molecular complexity index is 1000. The highest BCUT2D eigenvalue weighted by molar-refractivity contribution is 7.89. The van der Waals surface area contributed by atoms with Crippen LogP contribution in [0.5, 0.6) is 0 Å². The van der Waals surface area contributed by atoms with Crippen molar-refractivity contribution in [2.75, 3.05) is 26.2 Å². The molecule has 150 valence electrons. The van der Waals surface area contributed by atoms with Crippen LogP contribution in [0.15, 0.2) is 23.1 Å². The van der Waals surface area contributed by atoms with Crippen molar-refractivity contribution in [1.29, 1.82) is 0 Å². The molecule has 9 nitrogen and oxygen atoms in total. The number of aromatic nitrogens is 2. The number of fused-ring (bicyclic) bond motifs is 1. The van der Waals surface area contributed by atoms with Gasteiger partial charge in [0.15, 0.2) is 0 Å². The summed E-state index contributed by atoms with van der Waals surface area (Å²) >= 11 is 0.939. The first-order valence-corrected chi connectivity index (χ1v) is 11.5. The van der Waals surface area contributed by atoms with Crippen molar-refractivity contribution in [2.45, 2.75) is 36.6 Å². The van der Waals surface area contributed by atoms with Gasteiger partial charge in [0.2, 0.25) is 21.8 Å². The van der Waals surface area contributed by atoms with Crippen molar-refractivity contribution in [3.05, 3.63) is 18.2 Å². The van der Waals surface area contributed by atoms with Crippen LogP contribution in [0.4, 0.5) is 0 Å². The molecule has 28 heavy (non-hydrogen) atoms. The number of piperidine rings is 1. The van der Waals surface area contributed by atoms with Gasteiger partial charge in [-0.15, -0.1) is 0 Å². The van der Waals surface area contributed by atoms with Gasteiger partial charge in [-0.25, -0.2) is 8.42 Å². The van der Waals surface area contributed by atoms with Crippen LogP contribution < -0.4 is 4.72 Å². The van der Waals surface area contributed by atoms with Crippen molar-refractivity contribution < 1.29 is 18.0 Å². The first-order valence-electron chi connectivity index (χ1n) is 9.26. The van der Waals surface area contributed by atoms with E-state index in [4.69, 9.17) is 0 Å². The normalized spacial score (nSPS) is 20.9. The highest BCUT2D eigenvalue weighted by Crippen LogP contribution is 2.22. The number of carbonyl (C=O) groups is 2. The molecule has 0 saturated carbocycles. The number of nitrogens with one attached hydrogen (secondary N) is 1. The summed E-state index contributed by atoms with van der Waals surface area (Å²) in [5.74, 6) is -0.432. The van der Waals surface area contributed by atoms with Crippen LogP contribution in [0.1, 0.15) is 25.7 Å². The third-order valence-corrected chi connectivity index (χ3v) is 7.20. The van der Waals surface area contributed by atoms with Crippen LogP contribution in [0.3, 0.4) is 0 Å². The highest BCUT2D eigenvalue weighted by atomic mass is 32.2. The van der Waals surface area contributed by atoms with Crippen molar-refractivity contribution in [3.63, 3.8) is 0 Å². The molecule has 2 amide bonds. The summed E-state index contributed by atoms with van der Waals surface area (Å²) < 4.78 is 36.4. The largest absolute Gasteiger partial charge is 0.341 e. The van der Waals surface area contributed by atoms with Crippen LogP contribution in [-0.4, -0.2) is 71.0 Å². The number of rotatable bonds is 5. The van der Waals surface area contributed by atoms with E-state index in [9.17, 15) is 18.0 Å². The van der Waals surface area contributed by atoms with Gasteiger partial charge in [0.1, 0.15) is 22.0 Å². The molecular formula is C17H21N5O4S2. The molecule has 1 N–H and O–H groups in total. The second kappa shape index (κ2) is 7.72. The van der Waals surface area contributed by atoms with E-state index in [0.717, 1.165) is 37.7 Å². The van der Waals surface area contributed by atoms with E-state index in [-0.39, 0.29) is 23.3 Å². The van der Waals surface area contributed by atoms with Gasteiger partial charge >= 0.3 is 0 Å². The van der Waals surface area contributed by atoms with Crippen LogP contribution in [0.2, 0.25) is 0 Å². The van der Waals surface area contributed by atoms with Crippen molar-refractivity contribution >= 4 is 44.6 Å². The SMILES string of the molecule is O=C(CN1CCCC(NS(=O)(=O)c2cccc3nsnc23)C1=O)N1CCCC1. The Morgan fingerprint density at radius 3 is 2.75 bits per heavy atom. The quantitative estimate of drug-likeness (QED) is 0.753. The van der Waals surface area contributed by atoms with Crippen LogP contribution in [-0.2, 0) is 19.6 Å². The Hall–Kier alpha value is -2.11. The molecule has 4 rings (SSSR count). The van der Waals surface area contributed by atoms with Gasteiger partial charge in [0.25, 0.3) is 0 Å². The van der Waals surface area contributed by atoms with Crippen LogP contribution in [0.25, 0.3) is 11.0 Å². The molecule has 2 saturated heterocycles. The van der Waals surface area contributed by atoms with Gasteiger partial charge in [0, 0.05) is 19.6 Å². The van der Waals surface area contributed by atoms with E-state index in [1.54, 1.807) is 17.0 Å². The van der Waals surface area contributed by atoms with Crippen molar-refractivity contribution in [1.82, 2.24) is 23.3 Å². The second-order valence-electron chi connectivity index (χ2n) is 7.05. The predicted molar refractivity (Wildman–Crippen MR) is 103 cm³/mol. The van der Waals surface area contributed by atoms with Gasteiger partial charge in [0.05, 0.1) is 18.3 Å². The van der Waals surface area contributed by atoms with E-state index < -0.39 is 16.1 Å². The molecule has 1 unspecified atom stereocenters. The number of hydrogen-bond acceptors (Lipinski definition) is 7. The minimum absolute atomic E-state index is 0.00263. The van der Waals surface area contributed by atoms with Crippen molar-refractivity contribution in [3.8, 4) is 0 Å². The number of hydrogen-bond donors (Lipinski definition) is 1. The maximum Gasteiger partial charge on any atom is 0.243 e. The molecule has 2 aliphatic rings. The third kappa shape index (κ3) is 3.74. The van der Waals surface area contributed by atoms with E-state index in [2.05, 4.69) is 13.5 Å². The molecule has 2 aliphatic heterocycles. The van der Waals surface area contributed by atoms with Crippen molar-refractivity contribution in [2.24, 2.45) is 0 Å². The zero-order valence-corrected chi connectivity index (χ0v) is 16.8. The molecule has 1 aromatic carbocycles. The van der Waals surface area contributed by atoms with E-state index in [0.29, 0.717) is 30.4 Å². The summed E-state index contributed by atoms with van der Waals surface area (Å²) in [6.45, 7) is 1.91. The number of benzene rings is 1. The van der Waals surface area contributed by atoms with Crippen LogP contribution in [0, 0.1) is 0 Å². The predicted octanol–water partition coefficient (Wildman–Crippen LogP) is 0.583. The molecule has 0 spiro atoms. The Balaban J connectivity index is 1.48. The summed E-state index contributed by atoms with van der Waals surface area (Å²) in [6, 6.07) is 3.86. The number of amides is 2. The number of nitrogens with zero attached hydrogens (tertiary/aromatic N) is 4. The van der Waals surface area contributed by atoms with Crippen LogP contribution >= 0.6 is 11.7 Å². The lowest BCUT2D eigenvalue weighted by molar-refractivity contribution is -0.142. The summed E-state index contributed by atoms with van der Waals surface area (Å²) in [5.41, 5.74) is 0.796. The number of sulfonamides is 1. The summed E-state index contributed by atoms with van der Waals surface area (Å²) in [6.07, 6.45) is 3.00. The Kier molecular flexibility index (Phi) is 5.30. The molecule has 0 radical (unpaired) electrons. The zero-order chi connectivity index (χ0) is 19.7. The molecular weight excluding hydrogens is 402 g/mol. The standard InChI is InChI=1S/C17H21N5O4S2/c23-15(21-8-1-2-9-21)11-22-10-4-6-13(17(22)24)20-28(25,26)14-7-3-5-12-16(14)19-27-18-12/h3,5,7,13,20H,1-2,4,6,8-11H2. The Morgan fingerprint density at radius 1 is 1.18 bits per heavy atom. The van der Waals surface area contributed by atoms with E-state index >= 15 is 0 Å². The minimum Gasteiger partial charge on any atom is -0.341 e. The molecule has 0 bridgehead atoms. The molecule has 0 aliphatic carbocycles. The average Bonchev–Trinajstić information content (AvgIpc) is 3.35. The fourth-order valence-electron chi connectivity index (χ4n) is 3.69. The molecule has 2 fully saturated rings. The second-order valence-corrected chi connectivity index (χ2v) is 9.26. The lowest BCUT2D eigenvalue weighted by Crippen LogP contribution is -2.54. The van der Waals surface area contributed by atoms with Gasteiger partial charge < -0.3 is 9.80 Å². The number of carbonyl (C=O) groups excluding carboxylic acids is 2. The maximum atomic E-state index is 12.9. The lowest BCUT2D eigenvalue weighted by Gasteiger charge is -2.33. The smallest absolute Gasteiger partial charge is 0.243 e. The third-order valence-electron chi connectivity index (χ3n) is 5.15. The lowest BCUT2D eigenvalue weighted by atomic mass is 10.1.